The minimum Gasteiger partial charge on any atom is -0.340 e. The van der Waals surface area contributed by atoms with Crippen LogP contribution in [0.25, 0.3) is 0 Å². The number of hydrogen-bond acceptors (Lipinski definition) is 3. The van der Waals surface area contributed by atoms with Gasteiger partial charge in [0.15, 0.2) is 0 Å². The standard InChI is InChI=1S/C18H27N5O/c1-12-9-19-23(10-12)16-7-6-8-22(11-16)18(24)13(2)17-14(3)20-21(5)15(17)4/h9-10,13,16H,6-8,11H2,1-5H3/t13-,16+/m0/s1. The fourth-order valence-electron chi connectivity index (χ4n) is 3.82. The minimum absolute atomic E-state index is 0.156. The van der Waals surface area contributed by atoms with Crippen molar-refractivity contribution in [3.05, 3.63) is 34.9 Å². The van der Waals surface area contributed by atoms with Crippen molar-refractivity contribution in [3.63, 3.8) is 0 Å². The Morgan fingerprint density at radius 1 is 1.33 bits per heavy atom. The SMILES string of the molecule is Cc1cnn([C@@H]2CCCN(C(=O)[C@@H](C)c3c(C)nn(C)c3C)C2)c1. The van der Waals surface area contributed by atoms with E-state index in [0.29, 0.717) is 0 Å². The topological polar surface area (TPSA) is 56.0 Å². The molecule has 3 heterocycles. The van der Waals surface area contributed by atoms with Crippen LogP contribution in [0.2, 0.25) is 0 Å². The maximum atomic E-state index is 13.1. The van der Waals surface area contributed by atoms with Crippen molar-refractivity contribution in [1.82, 2.24) is 24.5 Å². The van der Waals surface area contributed by atoms with Gasteiger partial charge >= 0.3 is 0 Å². The van der Waals surface area contributed by atoms with Gasteiger partial charge in [-0.1, -0.05) is 0 Å². The summed E-state index contributed by atoms with van der Waals surface area (Å²) >= 11 is 0. The predicted molar refractivity (Wildman–Crippen MR) is 92.9 cm³/mol. The number of aromatic nitrogens is 4. The van der Waals surface area contributed by atoms with Gasteiger partial charge in [-0.15, -0.1) is 0 Å². The van der Waals surface area contributed by atoms with Gasteiger partial charge in [0.05, 0.1) is 23.9 Å². The van der Waals surface area contributed by atoms with Crippen molar-refractivity contribution in [2.24, 2.45) is 7.05 Å². The summed E-state index contributed by atoms with van der Waals surface area (Å²) in [7, 11) is 1.93. The van der Waals surface area contributed by atoms with Crippen LogP contribution in [0.1, 0.15) is 54.2 Å². The zero-order chi connectivity index (χ0) is 17.4. The molecule has 1 aliphatic rings. The van der Waals surface area contributed by atoms with Crippen LogP contribution >= 0.6 is 0 Å². The fourth-order valence-corrected chi connectivity index (χ4v) is 3.82. The highest BCUT2D eigenvalue weighted by atomic mass is 16.2. The number of piperidine rings is 1. The van der Waals surface area contributed by atoms with Gasteiger partial charge in [0.2, 0.25) is 5.91 Å². The zero-order valence-electron chi connectivity index (χ0n) is 15.3. The number of nitrogens with zero attached hydrogens (tertiary/aromatic N) is 5. The maximum Gasteiger partial charge on any atom is 0.230 e. The lowest BCUT2D eigenvalue weighted by molar-refractivity contribution is -0.134. The van der Waals surface area contributed by atoms with Crippen LogP contribution < -0.4 is 0 Å². The Morgan fingerprint density at radius 2 is 2.08 bits per heavy atom. The molecule has 130 valence electrons. The summed E-state index contributed by atoms with van der Waals surface area (Å²) in [6, 6.07) is 0.277. The smallest absolute Gasteiger partial charge is 0.230 e. The Hall–Kier alpha value is -2.11. The first-order valence-corrected chi connectivity index (χ1v) is 8.68. The van der Waals surface area contributed by atoms with E-state index in [4.69, 9.17) is 0 Å². The van der Waals surface area contributed by atoms with E-state index in [1.165, 1.54) is 0 Å². The van der Waals surface area contributed by atoms with Crippen LogP contribution in [0, 0.1) is 20.8 Å². The monoisotopic (exact) mass is 329 g/mol. The van der Waals surface area contributed by atoms with E-state index in [2.05, 4.69) is 16.4 Å². The third-order valence-electron chi connectivity index (χ3n) is 5.18. The van der Waals surface area contributed by atoms with Crippen LogP contribution in [0.15, 0.2) is 12.4 Å². The quantitative estimate of drug-likeness (QED) is 0.869. The van der Waals surface area contributed by atoms with Gasteiger partial charge in [0.1, 0.15) is 0 Å². The molecule has 0 bridgehead atoms. The molecule has 0 aromatic carbocycles. The lowest BCUT2D eigenvalue weighted by atomic mass is 9.96. The predicted octanol–water partition coefficient (Wildman–Crippen LogP) is 2.51. The van der Waals surface area contributed by atoms with Crippen molar-refractivity contribution in [1.29, 1.82) is 0 Å². The van der Waals surface area contributed by atoms with Gasteiger partial charge in [0.25, 0.3) is 0 Å². The maximum absolute atomic E-state index is 13.1. The Bertz CT molecular complexity index is 745. The van der Waals surface area contributed by atoms with Gasteiger partial charge in [0, 0.05) is 37.6 Å². The molecule has 0 aliphatic carbocycles. The Morgan fingerprint density at radius 3 is 2.67 bits per heavy atom. The van der Waals surface area contributed by atoms with Crippen molar-refractivity contribution >= 4 is 5.91 Å². The van der Waals surface area contributed by atoms with E-state index in [1.807, 2.05) is 55.2 Å². The third kappa shape index (κ3) is 2.97. The number of carbonyl (C=O) groups is 1. The second-order valence-electron chi connectivity index (χ2n) is 7.01. The summed E-state index contributed by atoms with van der Waals surface area (Å²) in [5.74, 6) is 0.0413. The summed E-state index contributed by atoms with van der Waals surface area (Å²) in [6.07, 6.45) is 6.04. The van der Waals surface area contributed by atoms with E-state index in [9.17, 15) is 4.79 Å². The van der Waals surface area contributed by atoms with Crippen LogP contribution in [0.4, 0.5) is 0 Å². The first-order valence-electron chi connectivity index (χ1n) is 8.68. The molecule has 2 aromatic rings. The van der Waals surface area contributed by atoms with Crippen molar-refractivity contribution in [3.8, 4) is 0 Å². The molecule has 6 nitrogen and oxygen atoms in total. The van der Waals surface area contributed by atoms with Gasteiger partial charge in [-0.05, 0) is 46.1 Å². The van der Waals surface area contributed by atoms with Gasteiger partial charge in [-0.3, -0.25) is 14.2 Å². The highest BCUT2D eigenvalue weighted by Gasteiger charge is 2.30. The summed E-state index contributed by atoms with van der Waals surface area (Å²) in [5, 5.41) is 8.89. The highest BCUT2D eigenvalue weighted by Crippen LogP contribution is 2.28. The van der Waals surface area contributed by atoms with Crippen LogP contribution in [-0.2, 0) is 11.8 Å². The molecule has 2 aromatic heterocycles. The molecule has 2 atom stereocenters. The average Bonchev–Trinajstić information content (AvgIpc) is 3.10. The molecule has 0 radical (unpaired) electrons. The first kappa shape index (κ1) is 16.7. The summed E-state index contributed by atoms with van der Waals surface area (Å²) < 4.78 is 3.87. The number of likely N-dealkylation sites (tertiary alicyclic amines) is 1. The Balaban J connectivity index is 1.76. The lowest BCUT2D eigenvalue weighted by Crippen LogP contribution is -2.42. The van der Waals surface area contributed by atoms with Crippen LogP contribution in [0.5, 0.6) is 0 Å². The Labute approximate surface area is 143 Å². The first-order chi connectivity index (χ1) is 11.4. The fraction of sp³-hybridized carbons (Fsp3) is 0.611. The zero-order valence-corrected chi connectivity index (χ0v) is 15.3. The minimum atomic E-state index is -0.156. The molecule has 1 aliphatic heterocycles. The number of rotatable bonds is 3. The molecule has 1 fully saturated rings. The van der Waals surface area contributed by atoms with E-state index >= 15 is 0 Å². The molecule has 6 heteroatoms. The highest BCUT2D eigenvalue weighted by molar-refractivity contribution is 5.84. The van der Waals surface area contributed by atoms with Crippen molar-refractivity contribution in [2.75, 3.05) is 13.1 Å². The molecule has 1 saturated heterocycles. The van der Waals surface area contributed by atoms with Crippen LogP contribution in [-0.4, -0.2) is 43.5 Å². The van der Waals surface area contributed by atoms with E-state index in [-0.39, 0.29) is 17.9 Å². The van der Waals surface area contributed by atoms with E-state index in [1.54, 1.807) is 0 Å². The summed E-state index contributed by atoms with van der Waals surface area (Å²) in [5.41, 5.74) is 4.25. The molecular weight excluding hydrogens is 302 g/mol. The largest absolute Gasteiger partial charge is 0.340 e. The molecule has 0 spiro atoms. The molecule has 0 N–H and O–H groups in total. The molecule has 24 heavy (non-hydrogen) atoms. The summed E-state index contributed by atoms with van der Waals surface area (Å²) in [4.78, 5) is 15.1. The second-order valence-corrected chi connectivity index (χ2v) is 7.01. The van der Waals surface area contributed by atoms with Crippen LogP contribution in [0.3, 0.4) is 0 Å². The molecule has 1 amide bonds. The molecule has 0 saturated carbocycles. The lowest BCUT2D eigenvalue weighted by Gasteiger charge is -2.34. The van der Waals surface area contributed by atoms with Gasteiger partial charge in [-0.2, -0.15) is 10.2 Å². The summed E-state index contributed by atoms with van der Waals surface area (Å²) in [6.45, 7) is 9.63. The third-order valence-corrected chi connectivity index (χ3v) is 5.18. The number of aryl methyl sites for hydroxylation is 3. The molecule has 3 rings (SSSR count). The average molecular weight is 329 g/mol. The second kappa shape index (κ2) is 6.42. The van der Waals surface area contributed by atoms with Crippen molar-refractivity contribution < 1.29 is 4.79 Å². The van der Waals surface area contributed by atoms with E-state index in [0.717, 1.165) is 48.4 Å². The molecule has 0 unspecified atom stereocenters. The number of amides is 1. The van der Waals surface area contributed by atoms with E-state index < -0.39 is 0 Å². The van der Waals surface area contributed by atoms with Gasteiger partial charge < -0.3 is 4.90 Å². The molecular formula is C18H27N5O. The van der Waals surface area contributed by atoms with Gasteiger partial charge in [-0.25, -0.2) is 0 Å². The van der Waals surface area contributed by atoms with Crippen molar-refractivity contribution in [2.45, 2.75) is 52.5 Å². The normalized spacial score (nSPS) is 19.5. The number of carbonyl (C=O) groups excluding carboxylic acids is 1. The number of hydrogen-bond donors (Lipinski definition) is 0. The Kier molecular flexibility index (Phi) is 4.47.